The Balaban J connectivity index is 1.61. The van der Waals surface area contributed by atoms with Crippen molar-refractivity contribution in [3.63, 3.8) is 0 Å². The third kappa shape index (κ3) is 12.1. The molecule has 7 amide bonds. The molecule has 2 rings (SSSR count). The van der Waals surface area contributed by atoms with Gasteiger partial charge in [-0.05, 0) is 45.1 Å². The second kappa shape index (κ2) is 19.8. The van der Waals surface area contributed by atoms with Gasteiger partial charge in [0.05, 0.1) is 6.34 Å². The molecule has 0 unspecified atom stereocenters. The maximum Gasteiger partial charge on any atom is 0.343 e. The highest BCUT2D eigenvalue weighted by molar-refractivity contribution is 5.98. The predicted octanol–water partition coefficient (Wildman–Crippen LogP) is 4.25. The number of imide groups is 1. The summed E-state index contributed by atoms with van der Waals surface area (Å²) in [5.74, 6) is 0.504. The summed E-state index contributed by atoms with van der Waals surface area (Å²) in [6, 6.07) is -1.25. The molecule has 1 aromatic rings. The second-order valence-corrected chi connectivity index (χ2v) is 9.87. The molecule has 42 heavy (non-hydrogen) atoms. The molecule has 3 N–H and O–H groups in total. The van der Waals surface area contributed by atoms with Gasteiger partial charge in [0.25, 0.3) is 0 Å². The third-order valence-corrected chi connectivity index (χ3v) is 6.51. The van der Waals surface area contributed by atoms with Crippen molar-refractivity contribution in [1.29, 1.82) is 0 Å². The number of nitrogens with one attached hydrogen (secondary N) is 3. The van der Waals surface area contributed by atoms with Crippen LogP contribution in [0.3, 0.4) is 0 Å². The van der Waals surface area contributed by atoms with Crippen LogP contribution in [0.5, 0.6) is 0 Å². The molecule has 0 spiro atoms. The van der Waals surface area contributed by atoms with Crippen LogP contribution in [0.2, 0.25) is 0 Å². The van der Waals surface area contributed by atoms with E-state index in [0.717, 1.165) is 62.5 Å². The number of carbonyl (C=O) groups excluding carboxylic acids is 4. The summed E-state index contributed by atoms with van der Waals surface area (Å²) in [5, 5.41) is 12.2. The molecule has 0 atom stereocenters. The van der Waals surface area contributed by atoms with E-state index in [9.17, 15) is 19.2 Å². The lowest BCUT2D eigenvalue weighted by molar-refractivity contribution is 0.146. The number of allylic oxidation sites excluding steroid dienone is 2. The number of urea groups is 3. The normalized spacial score (nSPS) is 14.7. The van der Waals surface area contributed by atoms with Crippen molar-refractivity contribution in [2.45, 2.75) is 78.1 Å². The highest BCUT2D eigenvalue weighted by atomic mass is 16.2. The van der Waals surface area contributed by atoms with Crippen LogP contribution in [0.4, 0.5) is 19.2 Å². The van der Waals surface area contributed by atoms with Crippen LogP contribution in [0.25, 0.3) is 0 Å². The first-order valence-corrected chi connectivity index (χ1v) is 14.8. The average molecular weight is 587 g/mol. The fourth-order valence-corrected chi connectivity index (χ4v) is 4.12. The molecule has 0 aliphatic carbocycles. The number of nitrogens with zero attached hydrogens (tertiary/aromatic N) is 7. The molecule has 0 saturated carbocycles. The summed E-state index contributed by atoms with van der Waals surface area (Å²) in [5.41, 5.74) is 0. The van der Waals surface area contributed by atoms with Crippen molar-refractivity contribution >= 4 is 30.5 Å². The lowest BCUT2D eigenvalue weighted by Gasteiger charge is -2.36. The van der Waals surface area contributed by atoms with E-state index in [1.165, 1.54) is 28.8 Å². The summed E-state index contributed by atoms with van der Waals surface area (Å²) in [6.07, 6.45) is 18.0. The van der Waals surface area contributed by atoms with Crippen molar-refractivity contribution in [2.75, 3.05) is 33.2 Å². The molecule has 1 fully saturated rings. The maximum absolute atomic E-state index is 13.1. The van der Waals surface area contributed by atoms with E-state index in [1.807, 2.05) is 6.08 Å². The predicted molar refractivity (Wildman–Crippen MR) is 161 cm³/mol. The molecular formula is C28H46N10O4. The van der Waals surface area contributed by atoms with Crippen LogP contribution in [-0.4, -0.2) is 93.2 Å². The molecule has 1 aliphatic rings. The number of hydrogen-bond acceptors (Lipinski definition) is 7. The van der Waals surface area contributed by atoms with Gasteiger partial charge in [-0.1, -0.05) is 45.1 Å². The number of amides is 7. The van der Waals surface area contributed by atoms with E-state index >= 15 is 0 Å². The summed E-state index contributed by atoms with van der Waals surface area (Å²) < 4.78 is 1.14. The highest BCUT2D eigenvalue weighted by Crippen LogP contribution is 2.16. The van der Waals surface area contributed by atoms with Gasteiger partial charge in [-0.15, -0.1) is 0 Å². The Hall–Kier alpha value is -4.23. The summed E-state index contributed by atoms with van der Waals surface area (Å²) >= 11 is 0. The number of unbranched alkanes of at least 4 members (excludes halogenated alkanes) is 7. The number of hydrogen-bond donors (Lipinski definition) is 3. The van der Waals surface area contributed by atoms with Crippen molar-refractivity contribution in [3.05, 3.63) is 36.8 Å². The first kappa shape index (κ1) is 34.0. The average Bonchev–Trinajstić information content (AvgIpc) is 3.53. The van der Waals surface area contributed by atoms with Gasteiger partial charge in [-0.25, -0.2) is 34.1 Å². The van der Waals surface area contributed by atoms with Crippen LogP contribution in [0.1, 0.15) is 78.1 Å². The van der Waals surface area contributed by atoms with Crippen LogP contribution >= 0.6 is 0 Å². The first-order chi connectivity index (χ1) is 20.4. The van der Waals surface area contributed by atoms with Gasteiger partial charge in [0, 0.05) is 39.4 Å². The molecule has 1 aliphatic heterocycles. The standard InChI is InChI=1S/C28H46N10O4/c1-4-6-11-16-29-22-35(3)25(39)31-17-12-8-10-15-20-37-27(41)34-24(5-2)36(28(37)42)19-14-9-7-13-18-32-26(40)38-23-30-21-33-38/h5,11,16,21-23H,4,6-10,12-15,17-20H2,1-3H3,(H,31,39)(H,32,40)(H,34,41)/b16-11+,24-5?,29-22?. The number of carbonyl (C=O) groups is 4. The van der Waals surface area contributed by atoms with E-state index in [2.05, 4.69) is 37.9 Å². The SMILES string of the molecule is CC=C1NC(=O)N(CCCCCCNC(=O)N(C)C=N/C=C/CCC)C(=O)N1CCCCCCNC(=O)n1cncn1. The molecule has 1 saturated heterocycles. The maximum atomic E-state index is 13.1. The minimum absolute atomic E-state index is 0.215. The van der Waals surface area contributed by atoms with Crippen LogP contribution in [0.15, 0.2) is 41.8 Å². The van der Waals surface area contributed by atoms with E-state index < -0.39 is 6.03 Å². The van der Waals surface area contributed by atoms with Gasteiger partial charge >= 0.3 is 24.1 Å². The zero-order chi connectivity index (χ0) is 30.6. The monoisotopic (exact) mass is 586 g/mol. The van der Waals surface area contributed by atoms with E-state index in [0.29, 0.717) is 38.4 Å². The summed E-state index contributed by atoms with van der Waals surface area (Å²) in [4.78, 5) is 61.7. The third-order valence-electron chi connectivity index (χ3n) is 6.51. The minimum atomic E-state index is -0.408. The molecule has 1 aromatic heterocycles. The fraction of sp³-hybridized carbons (Fsp3) is 0.607. The van der Waals surface area contributed by atoms with Crippen LogP contribution in [0, 0.1) is 0 Å². The molecule has 232 valence electrons. The van der Waals surface area contributed by atoms with Crippen molar-refractivity contribution in [2.24, 2.45) is 4.99 Å². The molecule has 2 heterocycles. The van der Waals surface area contributed by atoms with E-state index in [1.54, 1.807) is 31.1 Å². The Kier molecular flexibility index (Phi) is 16.0. The fourth-order valence-electron chi connectivity index (χ4n) is 4.12. The molecule has 0 aromatic carbocycles. The first-order valence-electron chi connectivity index (χ1n) is 14.8. The van der Waals surface area contributed by atoms with Gasteiger partial charge in [-0.3, -0.25) is 15.1 Å². The Bertz CT molecular complexity index is 1070. The minimum Gasteiger partial charge on any atom is -0.338 e. The number of aromatic nitrogens is 3. The number of rotatable bonds is 18. The van der Waals surface area contributed by atoms with E-state index in [4.69, 9.17) is 0 Å². The zero-order valence-electron chi connectivity index (χ0n) is 25.1. The van der Waals surface area contributed by atoms with Gasteiger partial charge < -0.3 is 10.6 Å². The Morgan fingerprint density at radius 2 is 1.67 bits per heavy atom. The Morgan fingerprint density at radius 1 is 1.00 bits per heavy atom. The lowest BCUT2D eigenvalue weighted by Crippen LogP contribution is -2.58. The largest absolute Gasteiger partial charge is 0.343 e. The lowest BCUT2D eigenvalue weighted by atomic mass is 10.1. The van der Waals surface area contributed by atoms with Gasteiger partial charge in [0.1, 0.15) is 18.5 Å². The molecule has 14 heteroatoms. The Labute approximate surface area is 248 Å². The van der Waals surface area contributed by atoms with Crippen molar-refractivity contribution < 1.29 is 19.2 Å². The molecular weight excluding hydrogens is 540 g/mol. The zero-order valence-corrected chi connectivity index (χ0v) is 25.1. The molecule has 0 radical (unpaired) electrons. The number of aliphatic imine (C=N–C) groups is 1. The van der Waals surface area contributed by atoms with E-state index in [-0.39, 0.29) is 18.1 Å². The topological polar surface area (TPSA) is 157 Å². The summed E-state index contributed by atoms with van der Waals surface area (Å²) in [7, 11) is 1.65. The quantitative estimate of drug-likeness (QED) is 0.133. The second-order valence-electron chi connectivity index (χ2n) is 9.87. The van der Waals surface area contributed by atoms with Crippen molar-refractivity contribution in [1.82, 2.24) is 45.4 Å². The summed E-state index contributed by atoms with van der Waals surface area (Å²) in [6.45, 7) is 5.78. The van der Waals surface area contributed by atoms with Crippen LogP contribution < -0.4 is 16.0 Å². The Morgan fingerprint density at radius 3 is 2.31 bits per heavy atom. The van der Waals surface area contributed by atoms with Gasteiger partial charge in [0.15, 0.2) is 0 Å². The van der Waals surface area contributed by atoms with Gasteiger partial charge in [-0.2, -0.15) is 9.78 Å². The van der Waals surface area contributed by atoms with Crippen molar-refractivity contribution in [3.8, 4) is 0 Å². The van der Waals surface area contributed by atoms with Crippen LogP contribution in [-0.2, 0) is 0 Å². The molecule has 14 nitrogen and oxygen atoms in total. The van der Waals surface area contributed by atoms with Gasteiger partial charge in [0.2, 0.25) is 0 Å². The smallest absolute Gasteiger partial charge is 0.338 e. The molecule has 0 bridgehead atoms. The highest BCUT2D eigenvalue weighted by Gasteiger charge is 2.34.